The van der Waals surface area contributed by atoms with Crippen LogP contribution in [0.3, 0.4) is 0 Å². The Labute approximate surface area is 106 Å². The van der Waals surface area contributed by atoms with Gasteiger partial charge < -0.3 is 14.6 Å². The molecule has 0 saturated carbocycles. The van der Waals surface area contributed by atoms with E-state index in [4.69, 9.17) is 9.26 Å². The fourth-order valence-electron chi connectivity index (χ4n) is 1.95. The fourth-order valence-corrected chi connectivity index (χ4v) is 1.95. The summed E-state index contributed by atoms with van der Waals surface area (Å²) in [5, 5.41) is 6.55. The highest BCUT2D eigenvalue weighted by atomic mass is 16.5. The number of carbonyl (C=O) groups is 1. The van der Waals surface area contributed by atoms with Crippen LogP contribution in [0, 0.1) is 6.92 Å². The number of nitrogens with zero attached hydrogens (tertiary/aromatic N) is 2. The lowest BCUT2D eigenvalue weighted by atomic mass is 10.2. The molecule has 1 atom stereocenters. The van der Waals surface area contributed by atoms with Gasteiger partial charge in [0.05, 0.1) is 13.2 Å². The van der Waals surface area contributed by atoms with E-state index in [1.54, 1.807) is 13.0 Å². The first-order valence-corrected chi connectivity index (χ1v) is 6.20. The summed E-state index contributed by atoms with van der Waals surface area (Å²) in [4.78, 5) is 14.1. The highest BCUT2D eigenvalue weighted by Gasteiger charge is 2.18. The predicted molar refractivity (Wildman–Crippen MR) is 65.4 cm³/mol. The van der Waals surface area contributed by atoms with Gasteiger partial charge in [-0.25, -0.2) is 0 Å². The largest absolute Gasteiger partial charge is 0.379 e. The van der Waals surface area contributed by atoms with Crippen molar-refractivity contribution < 1.29 is 14.1 Å². The summed E-state index contributed by atoms with van der Waals surface area (Å²) >= 11 is 0. The quantitative estimate of drug-likeness (QED) is 0.843. The van der Waals surface area contributed by atoms with Crippen molar-refractivity contribution in [2.45, 2.75) is 19.9 Å². The van der Waals surface area contributed by atoms with Crippen molar-refractivity contribution in [3.8, 4) is 0 Å². The molecule has 1 aromatic heterocycles. The van der Waals surface area contributed by atoms with Gasteiger partial charge in [0.1, 0.15) is 5.76 Å². The minimum absolute atomic E-state index is 0.188. The number of aromatic nitrogens is 1. The summed E-state index contributed by atoms with van der Waals surface area (Å²) in [5.41, 5.74) is 0.335. The van der Waals surface area contributed by atoms with E-state index in [1.807, 2.05) is 0 Å². The number of hydrogen-bond acceptors (Lipinski definition) is 5. The molecule has 0 radical (unpaired) electrons. The first-order chi connectivity index (χ1) is 8.66. The van der Waals surface area contributed by atoms with E-state index < -0.39 is 0 Å². The van der Waals surface area contributed by atoms with Crippen molar-refractivity contribution in [1.82, 2.24) is 15.4 Å². The Morgan fingerprint density at radius 3 is 2.89 bits per heavy atom. The monoisotopic (exact) mass is 253 g/mol. The predicted octanol–water partition coefficient (Wildman–Crippen LogP) is 0.434. The van der Waals surface area contributed by atoms with Crippen LogP contribution < -0.4 is 5.32 Å². The Balaban J connectivity index is 1.78. The topological polar surface area (TPSA) is 67.6 Å². The lowest BCUT2D eigenvalue weighted by molar-refractivity contribution is 0.0204. The van der Waals surface area contributed by atoms with Crippen molar-refractivity contribution in [1.29, 1.82) is 0 Å². The van der Waals surface area contributed by atoms with Crippen LogP contribution in [0.5, 0.6) is 0 Å². The number of rotatable bonds is 4. The van der Waals surface area contributed by atoms with Gasteiger partial charge in [-0.3, -0.25) is 9.69 Å². The first-order valence-electron chi connectivity index (χ1n) is 6.20. The normalized spacial score (nSPS) is 18.6. The zero-order valence-electron chi connectivity index (χ0n) is 10.8. The van der Waals surface area contributed by atoms with Crippen molar-refractivity contribution in [3.05, 3.63) is 17.5 Å². The summed E-state index contributed by atoms with van der Waals surface area (Å²) in [6, 6.07) is 1.93. The minimum Gasteiger partial charge on any atom is -0.379 e. The highest BCUT2D eigenvalue weighted by molar-refractivity contribution is 5.92. The molecule has 1 aliphatic heterocycles. The van der Waals surface area contributed by atoms with Gasteiger partial charge in [0.25, 0.3) is 5.91 Å². The molecule has 0 aromatic carbocycles. The van der Waals surface area contributed by atoms with Gasteiger partial charge in [-0.2, -0.15) is 0 Å². The summed E-state index contributed by atoms with van der Waals surface area (Å²) in [6.07, 6.45) is 0. The molecule has 0 aliphatic carbocycles. The van der Waals surface area contributed by atoms with E-state index in [-0.39, 0.29) is 5.91 Å². The SMILES string of the molecule is Cc1cc(C(=O)NC[C@@H](C)N2CCOCC2)no1. The van der Waals surface area contributed by atoms with Crippen LogP contribution in [0.4, 0.5) is 0 Å². The second kappa shape index (κ2) is 5.97. The second-order valence-corrected chi connectivity index (χ2v) is 4.53. The maximum Gasteiger partial charge on any atom is 0.273 e. The lowest BCUT2D eigenvalue weighted by Crippen LogP contribution is -2.47. The molecular formula is C12H19N3O3. The van der Waals surface area contributed by atoms with Gasteiger partial charge in [-0.05, 0) is 13.8 Å². The van der Waals surface area contributed by atoms with Crippen molar-refractivity contribution >= 4 is 5.91 Å². The molecular weight excluding hydrogens is 234 g/mol. The third-order valence-corrected chi connectivity index (χ3v) is 3.09. The molecule has 1 saturated heterocycles. The molecule has 18 heavy (non-hydrogen) atoms. The van der Waals surface area contributed by atoms with E-state index in [0.717, 1.165) is 26.3 Å². The van der Waals surface area contributed by atoms with Crippen LogP contribution in [-0.4, -0.2) is 54.9 Å². The molecule has 0 unspecified atom stereocenters. The third kappa shape index (κ3) is 3.30. The molecule has 2 rings (SSSR count). The molecule has 1 aliphatic rings. The van der Waals surface area contributed by atoms with Gasteiger partial charge >= 0.3 is 0 Å². The van der Waals surface area contributed by atoms with E-state index in [9.17, 15) is 4.79 Å². The van der Waals surface area contributed by atoms with Crippen LogP contribution >= 0.6 is 0 Å². The number of aryl methyl sites for hydroxylation is 1. The molecule has 6 heteroatoms. The van der Waals surface area contributed by atoms with Crippen LogP contribution in [0.15, 0.2) is 10.6 Å². The highest BCUT2D eigenvalue weighted by Crippen LogP contribution is 2.04. The van der Waals surface area contributed by atoms with Crippen LogP contribution in [0.1, 0.15) is 23.2 Å². The molecule has 0 spiro atoms. The Morgan fingerprint density at radius 1 is 1.56 bits per heavy atom. The minimum atomic E-state index is -0.188. The third-order valence-electron chi connectivity index (χ3n) is 3.09. The van der Waals surface area contributed by atoms with Crippen LogP contribution in [-0.2, 0) is 4.74 Å². The summed E-state index contributed by atoms with van der Waals surface area (Å²) in [5.74, 6) is 0.452. The first kappa shape index (κ1) is 13.0. The molecule has 2 heterocycles. The number of ether oxygens (including phenoxy) is 1. The van der Waals surface area contributed by atoms with Gasteiger partial charge in [0.2, 0.25) is 0 Å². The fraction of sp³-hybridized carbons (Fsp3) is 0.667. The second-order valence-electron chi connectivity index (χ2n) is 4.53. The molecule has 1 aromatic rings. The number of hydrogen-bond donors (Lipinski definition) is 1. The molecule has 100 valence electrons. The Bertz CT molecular complexity index is 399. The van der Waals surface area contributed by atoms with Crippen molar-refractivity contribution in [2.75, 3.05) is 32.8 Å². The van der Waals surface area contributed by atoms with Gasteiger partial charge in [-0.1, -0.05) is 5.16 Å². The van der Waals surface area contributed by atoms with E-state index >= 15 is 0 Å². The standard InChI is InChI=1S/C12H19N3O3/c1-9(15-3-5-17-6-4-15)8-13-12(16)11-7-10(2)18-14-11/h7,9H,3-6,8H2,1-2H3,(H,13,16)/t9-/m1/s1. The van der Waals surface area contributed by atoms with Gasteiger partial charge in [0.15, 0.2) is 5.69 Å². The average Bonchev–Trinajstić information content (AvgIpc) is 2.83. The van der Waals surface area contributed by atoms with Crippen molar-refractivity contribution in [3.63, 3.8) is 0 Å². The zero-order valence-corrected chi connectivity index (χ0v) is 10.8. The number of nitrogens with one attached hydrogen (secondary N) is 1. The maximum atomic E-state index is 11.8. The van der Waals surface area contributed by atoms with Gasteiger partial charge in [-0.15, -0.1) is 0 Å². The molecule has 6 nitrogen and oxygen atoms in total. The van der Waals surface area contributed by atoms with Crippen molar-refractivity contribution in [2.24, 2.45) is 0 Å². The molecule has 0 bridgehead atoms. The van der Waals surface area contributed by atoms with E-state index in [1.165, 1.54) is 0 Å². The zero-order chi connectivity index (χ0) is 13.0. The number of morpholine rings is 1. The lowest BCUT2D eigenvalue weighted by Gasteiger charge is -2.32. The average molecular weight is 253 g/mol. The Morgan fingerprint density at radius 2 is 2.28 bits per heavy atom. The van der Waals surface area contributed by atoms with Gasteiger partial charge in [0, 0.05) is 31.7 Å². The summed E-state index contributed by atoms with van der Waals surface area (Å²) < 4.78 is 10.2. The molecule has 1 N–H and O–H groups in total. The summed E-state index contributed by atoms with van der Waals surface area (Å²) in [6.45, 7) is 7.83. The molecule has 1 amide bonds. The summed E-state index contributed by atoms with van der Waals surface area (Å²) in [7, 11) is 0. The van der Waals surface area contributed by atoms with Crippen LogP contribution in [0.25, 0.3) is 0 Å². The molecule has 1 fully saturated rings. The Kier molecular flexibility index (Phi) is 4.33. The van der Waals surface area contributed by atoms with Crippen LogP contribution in [0.2, 0.25) is 0 Å². The van der Waals surface area contributed by atoms with E-state index in [2.05, 4.69) is 22.3 Å². The number of carbonyl (C=O) groups excluding carboxylic acids is 1. The Hall–Kier alpha value is -1.40. The van der Waals surface area contributed by atoms with E-state index in [0.29, 0.717) is 24.0 Å². The smallest absolute Gasteiger partial charge is 0.273 e. The maximum absolute atomic E-state index is 11.8. The number of amides is 1.